The van der Waals surface area contributed by atoms with Crippen molar-refractivity contribution in [3.63, 3.8) is 0 Å². The van der Waals surface area contributed by atoms with Gasteiger partial charge in [-0.2, -0.15) is 4.80 Å². The highest BCUT2D eigenvalue weighted by Crippen LogP contribution is 2.30. The number of amides is 2. The Hall–Kier alpha value is -4.99. The molecule has 206 valence electrons. The van der Waals surface area contributed by atoms with E-state index in [2.05, 4.69) is 30.7 Å². The Morgan fingerprint density at radius 2 is 1.71 bits per heavy atom. The van der Waals surface area contributed by atoms with Crippen LogP contribution in [-0.4, -0.2) is 48.0 Å². The largest absolute Gasteiger partial charge is 0.351 e. The number of para-hydroxylation sites is 1. The van der Waals surface area contributed by atoms with Crippen molar-refractivity contribution >= 4 is 28.4 Å². The molecule has 1 aliphatic carbocycles. The first kappa shape index (κ1) is 26.2. The molecule has 2 amide bonds. The van der Waals surface area contributed by atoms with Crippen LogP contribution >= 0.6 is 0 Å². The summed E-state index contributed by atoms with van der Waals surface area (Å²) in [5, 5.41) is 16.7. The Balaban J connectivity index is 1.39. The molecule has 0 radical (unpaired) electrons. The summed E-state index contributed by atoms with van der Waals surface area (Å²) < 4.78 is 0. The number of aromatic nitrogens is 6. The number of benzene rings is 2. The lowest BCUT2D eigenvalue weighted by Crippen LogP contribution is -2.48. The molecule has 3 aromatic heterocycles. The molecule has 0 saturated heterocycles. The van der Waals surface area contributed by atoms with Crippen molar-refractivity contribution in [3.05, 3.63) is 97.0 Å². The third-order valence-electron chi connectivity index (χ3n) is 7.31. The van der Waals surface area contributed by atoms with Crippen LogP contribution in [0.15, 0.2) is 91.3 Å². The minimum Gasteiger partial charge on any atom is -0.351 e. The fraction of sp³-hybridized carbons (Fsp3) is 0.258. The molecule has 5 aromatic rings. The average molecular weight is 547 g/mol. The molecule has 0 bridgehead atoms. The van der Waals surface area contributed by atoms with Crippen LogP contribution in [0.2, 0.25) is 0 Å². The minimum atomic E-state index is -1.02. The molecule has 10 nitrogen and oxygen atoms in total. The number of anilines is 1. The molecule has 0 unspecified atom stereocenters. The summed E-state index contributed by atoms with van der Waals surface area (Å²) in [7, 11) is 0. The fourth-order valence-corrected chi connectivity index (χ4v) is 5.29. The molecule has 2 aromatic carbocycles. The van der Waals surface area contributed by atoms with Gasteiger partial charge in [0.1, 0.15) is 6.54 Å². The van der Waals surface area contributed by atoms with E-state index in [1.807, 2.05) is 66.7 Å². The van der Waals surface area contributed by atoms with Gasteiger partial charge in [0.15, 0.2) is 6.04 Å². The van der Waals surface area contributed by atoms with Gasteiger partial charge in [0.25, 0.3) is 5.91 Å². The van der Waals surface area contributed by atoms with Gasteiger partial charge in [-0.15, -0.1) is 10.2 Å². The third-order valence-corrected chi connectivity index (χ3v) is 7.31. The molecule has 1 aliphatic rings. The first-order valence-electron chi connectivity index (χ1n) is 13.9. The molecule has 1 N–H and O–H groups in total. The molecular weight excluding hydrogens is 516 g/mol. The van der Waals surface area contributed by atoms with Crippen LogP contribution in [0.1, 0.15) is 43.8 Å². The molecule has 6 rings (SSSR count). The molecule has 1 saturated carbocycles. The molecule has 1 fully saturated rings. The van der Waals surface area contributed by atoms with Gasteiger partial charge in [0.2, 0.25) is 11.7 Å². The van der Waals surface area contributed by atoms with Gasteiger partial charge >= 0.3 is 0 Å². The molecule has 1 atom stereocenters. The Kier molecular flexibility index (Phi) is 7.70. The highest BCUT2D eigenvalue weighted by Gasteiger charge is 2.35. The van der Waals surface area contributed by atoms with Crippen LogP contribution in [0.4, 0.5) is 5.69 Å². The zero-order valence-electron chi connectivity index (χ0n) is 22.5. The normalized spacial score (nSPS) is 14.4. The summed E-state index contributed by atoms with van der Waals surface area (Å²) in [6.45, 7) is -0.229. The molecule has 0 aliphatic heterocycles. The predicted molar refractivity (Wildman–Crippen MR) is 154 cm³/mol. The molecule has 3 heterocycles. The van der Waals surface area contributed by atoms with E-state index in [1.54, 1.807) is 24.5 Å². The number of nitrogens with zero attached hydrogens (tertiary/aromatic N) is 7. The van der Waals surface area contributed by atoms with Crippen molar-refractivity contribution in [2.45, 2.75) is 50.7 Å². The molecule has 0 spiro atoms. The first-order valence-corrected chi connectivity index (χ1v) is 13.9. The number of tetrazole rings is 1. The van der Waals surface area contributed by atoms with E-state index in [-0.39, 0.29) is 18.5 Å². The first-order chi connectivity index (χ1) is 20.2. The van der Waals surface area contributed by atoms with E-state index in [0.717, 1.165) is 42.1 Å². The maximum Gasteiger partial charge on any atom is 0.251 e. The quantitative estimate of drug-likeness (QED) is 0.304. The topological polar surface area (TPSA) is 119 Å². The highest BCUT2D eigenvalue weighted by atomic mass is 16.2. The Bertz CT molecular complexity index is 1630. The van der Waals surface area contributed by atoms with Gasteiger partial charge in [-0.25, -0.2) is 0 Å². The van der Waals surface area contributed by atoms with Crippen molar-refractivity contribution in [2.75, 3.05) is 4.90 Å². The number of pyridine rings is 2. The number of fused-ring (bicyclic) bond motifs is 1. The number of hydrogen-bond donors (Lipinski definition) is 1. The van der Waals surface area contributed by atoms with Crippen LogP contribution in [0.5, 0.6) is 0 Å². The van der Waals surface area contributed by atoms with Crippen molar-refractivity contribution in [1.29, 1.82) is 0 Å². The Morgan fingerprint density at radius 3 is 2.51 bits per heavy atom. The van der Waals surface area contributed by atoms with Gasteiger partial charge < -0.3 is 5.32 Å². The summed E-state index contributed by atoms with van der Waals surface area (Å²) in [6.07, 6.45) is 8.38. The SMILES string of the molecule is O=C(NC1CCCCC1)[C@H](c1ccccn1)N(C(=O)Cn1nnc(-c2ccccc2)n1)c1cnc2ccccc2c1. The van der Waals surface area contributed by atoms with Crippen molar-refractivity contribution < 1.29 is 9.59 Å². The van der Waals surface area contributed by atoms with E-state index >= 15 is 0 Å². The van der Waals surface area contributed by atoms with Crippen LogP contribution in [-0.2, 0) is 16.1 Å². The summed E-state index contributed by atoms with van der Waals surface area (Å²) in [5.74, 6) is -0.268. The van der Waals surface area contributed by atoms with Crippen LogP contribution in [0.3, 0.4) is 0 Å². The van der Waals surface area contributed by atoms with Gasteiger partial charge in [-0.1, -0.05) is 73.9 Å². The molecule has 10 heteroatoms. The summed E-state index contributed by atoms with van der Waals surface area (Å²) >= 11 is 0. The van der Waals surface area contributed by atoms with Crippen LogP contribution in [0, 0.1) is 0 Å². The number of hydrogen-bond acceptors (Lipinski definition) is 7. The van der Waals surface area contributed by atoms with Crippen molar-refractivity contribution in [2.24, 2.45) is 0 Å². The smallest absolute Gasteiger partial charge is 0.251 e. The minimum absolute atomic E-state index is 0.0551. The van der Waals surface area contributed by atoms with Gasteiger partial charge in [0.05, 0.1) is 23.1 Å². The Morgan fingerprint density at radius 1 is 0.927 bits per heavy atom. The zero-order valence-corrected chi connectivity index (χ0v) is 22.5. The summed E-state index contributed by atoms with van der Waals surface area (Å²) in [5.41, 5.74) is 2.51. The van der Waals surface area contributed by atoms with E-state index in [9.17, 15) is 9.59 Å². The van der Waals surface area contributed by atoms with Gasteiger partial charge in [0, 0.05) is 23.2 Å². The Labute approximate surface area is 237 Å². The number of rotatable bonds is 8. The monoisotopic (exact) mass is 546 g/mol. The molecular formula is C31H30N8O2. The second-order valence-corrected chi connectivity index (χ2v) is 10.2. The number of nitrogens with one attached hydrogen (secondary N) is 1. The second-order valence-electron chi connectivity index (χ2n) is 10.2. The lowest BCUT2D eigenvalue weighted by Gasteiger charge is -2.32. The van der Waals surface area contributed by atoms with Crippen LogP contribution < -0.4 is 10.2 Å². The summed E-state index contributed by atoms with van der Waals surface area (Å²) in [6, 6.07) is 23.4. The summed E-state index contributed by atoms with van der Waals surface area (Å²) in [4.78, 5) is 40.0. The maximum absolute atomic E-state index is 14.2. The lowest BCUT2D eigenvalue weighted by atomic mass is 9.95. The third kappa shape index (κ3) is 5.96. The van der Waals surface area contributed by atoms with Crippen molar-refractivity contribution in [1.82, 2.24) is 35.5 Å². The van der Waals surface area contributed by atoms with Crippen LogP contribution in [0.25, 0.3) is 22.3 Å². The predicted octanol–water partition coefficient (Wildman–Crippen LogP) is 4.51. The van der Waals surface area contributed by atoms with E-state index in [0.29, 0.717) is 17.2 Å². The van der Waals surface area contributed by atoms with E-state index in [4.69, 9.17) is 0 Å². The maximum atomic E-state index is 14.2. The van der Waals surface area contributed by atoms with Crippen molar-refractivity contribution in [3.8, 4) is 11.4 Å². The number of carbonyl (C=O) groups is 2. The fourth-order valence-electron chi connectivity index (χ4n) is 5.29. The van der Waals surface area contributed by atoms with E-state index in [1.165, 1.54) is 16.1 Å². The highest BCUT2D eigenvalue weighted by molar-refractivity contribution is 6.02. The van der Waals surface area contributed by atoms with Gasteiger partial charge in [-0.05, 0) is 42.3 Å². The van der Waals surface area contributed by atoms with Gasteiger partial charge in [-0.3, -0.25) is 24.5 Å². The molecule has 41 heavy (non-hydrogen) atoms. The van der Waals surface area contributed by atoms with E-state index < -0.39 is 11.9 Å². The lowest BCUT2D eigenvalue weighted by molar-refractivity contribution is -0.127. The standard InChI is InChI=1S/C31H30N8O2/c40-28(21-38-36-30(35-37-38)22-11-3-1-4-12-22)39(25-19-23-13-7-8-16-26(23)33-20-25)29(27-17-9-10-18-32-27)31(41)34-24-14-5-2-6-15-24/h1,3-4,7-13,16-20,24,29H,2,5-6,14-15,21H2,(H,34,41)/t29-/m0/s1. The second kappa shape index (κ2) is 12.0. The zero-order chi connectivity index (χ0) is 28.0. The average Bonchev–Trinajstić information content (AvgIpc) is 3.49. The number of carbonyl (C=O) groups excluding carboxylic acids is 2.